The van der Waals surface area contributed by atoms with Crippen molar-refractivity contribution in [2.45, 2.75) is 98.2 Å². The van der Waals surface area contributed by atoms with Crippen LogP contribution in [0.15, 0.2) is 36.5 Å². The van der Waals surface area contributed by atoms with Crippen LogP contribution in [-0.2, 0) is 9.47 Å². The van der Waals surface area contributed by atoms with Crippen LogP contribution >= 0.6 is 0 Å². The van der Waals surface area contributed by atoms with Crippen LogP contribution in [0, 0.1) is 5.92 Å². The minimum absolute atomic E-state index is 0.176. The predicted molar refractivity (Wildman–Crippen MR) is 108 cm³/mol. The van der Waals surface area contributed by atoms with Gasteiger partial charge in [0.1, 0.15) is 0 Å². The van der Waals surface area contributed by atoms with Crippen LogP contribution < -0.4 is 0 Å². The average molecular weight is 353 g/mol. The molecule has 0 aliphatic carbocycles. The molecule has 0 saturated heterocycles. The lowest BCUT2D eigenvalue weighted by molar-refractivity contribution is -0.0478. The molecule has 0 rings (SSSR count). The van der Waals surface area contributed by atoms with Crippen LogP contribution in [0.1, 0.15) is 67.7 Å². The summed E-state index contributed by atoms with van der Waals surface area (Å²) in [6, 6.07) is 0. The van der Waals surface area contributed by atoms with E-state index in [1.807, 2.05) is 44.2 Å². The molecule has 0 saturated carbocycles. The van der Waals surface area contributed by atoms with Crippen molar-refractivity contribution >= 4 is 0 Å². The Bertz CT molecular complexity index is 394. The minimum Gasteiger partial charge on any atom is -0.393 e. The van der Waals surface area contributed by atoms with Crippen molar-refractivity contribution in [3.05, 3.63) is 36.5 Å². The van der Waals surface area contributed by atoms with Gasteiger partial charge in [-0.25, -0.2) is 0 Å². The van der Waals surface area contributed by atoms with Crippen molar-refractivity contribution in [3.8, 4) is 0 Å². The van der Waals surface area contributed by atoms with Gasteiger partial charge in [0.15, 0.2) is 0 Å². The molecule has 146 valence electrons. The lowest BCUT2D eigenvalue weighted by Gasteiger charge is -2.24. The second kappa shape index (κ2) is 14.3. The van der Waals surface area contributed by atoms with E-state index >= 15 is 0 Å². The fourth-order valence-corrected chi connectivity index (χ4v) is 2.49. The van der Waals surface area contributed by atoms with E-state index in [1.54, 1.807) is 0 Å². The van der Waals surface area contributed by atoms with E-state index in [2.05, 4.69) is 40.7 Å². The molecule has 0 aliphatic rings. The molecule has 0 aliphatic heterocycles. The highest BCUT2D eigenvalue weighted by molar-refractivity contribution is 5.11. The Morgan fingerprint density at radius 1 is 0.720 bits per heavy atom. The van der Waals surface area contributed by atoms with E-state index in [0.717, 1.165) is 12.8 Å². The molecule has 0 aromatic heterocycles. The Labute approximate surface area is 155 Å². The van der Waals surface area contributed by atoms with Gasteiger partial charge in [0, 0.05) is 0 Å². The lowest BCUT2D eigenvalue weighted by atomic mass is 10.0. The van der Waals surface area contributed by atoms with Gasteiger partial charge in [-0.3, -0.25) is 0 Å². The number of ether oxygens (including phenoxy) is 2. The van der Waals surface area contributed by atoms with Gasteiger partial charge in [-0.15, -0.1) is 0 Å². The molecular formula is C22H40O3. The molecule has 3 unspecified atom stereocenters. The quantitative estimate of drug-likeness (QED) is 0.448. The van der Waals surface area contributed by atoms with Crippen molar-refractivity contribution in [2.75, 3.05) is 0 Å². The third kappa shape index (κ3) is 15.1. The summed E-state index contributed by atoms with van der Waals surface area (Å²) >= 11 is 0. The number of aliphatic hydroxyl groups is 1. The fraction of sp³-hybridized carbons (Fsp3) is 0.727. The van der Waals surface area contributed by atoms with E-state index in [9.17, 15) is 5.11 Å². The molecule has 3 heteroatoms. The average Bonchev–Trinajstić information content (AvgIpc) is 2.47. The van der Waals surface area contributed by atoms with Gasteiger partial charge in [0.05, 0.1) is 30.5 Å². The topological polar surface area (TPSA) is 38.7 Å². The van der Waals surface area contributed by atoms with Crippen LogP contribution in [0.4, 0.5) is 0 Å². The molecule has 0 radical (unpaired) electrons. The molecule has 0 spiro atoms. The van der Waals surface area contributed by atoms with Gasteiger partial charge >= 0.3 is 0 Å². The highest BCUT2D eigenvalue weighted by Crippen LogP contribution is 2.14. The van der Waals surface area contributed by atoms with Gasteiger partial charge in [-0.2, -0.15) is 0 Å². The van der Waals surface area contributed by atoms with Crippen LogP contribution in [-0.4, -0.2) is 35.6 Å². The molecule has 0 aromatic rings. The van der Waals surface area contributed by atoms with Gasteiger partial charge in [0.25, 0.3) is 0 Å². The molecule has 0 amide bonds. The molecule has 1 N–H and O–H groups in total. The maximum absolute atomic E-state index is 9.71. The van der Waals surface area contributed by atoms with Crippen molar-refractivity contribution in [3.63, 3.8) is 0 Å². The second-order valence-corrected chi connectivity index (χ2v) is 7.56. The van der Waals surface area contributed by atoms with Crippen molar-refractivity contribution < 1.29 is 14.6 Å². The smallest absolute Gasteiger partial charge is 0.0637 e. The zero-order chi connectivity index (χ0) is 19.2. The highest BCUT2D eigenvalue weighted by atomic mass is 16.5. The predicted octanol–water partition coefficient (Wildman–Crippen LogP) is 5.45. The summed E-state index contributed by atoms with van der Waals surface area (Å²) in [5.41, 5.74) is 0. The monoisotopic (exact) mass is 352 g/mol. The first-order valence-electron chi connectivity index (χ1n) is 9.69. The Morgan fingerprint density at radius 2 is 1.24 bits per heavy atom. The summed E-state index contributed by atoms with van der Waals surface area (Å²) < 4.78 is 11.8. The second-order valence-electron chi connectivity index (χ2n) is 7.56. The van der Waals surface area contributed by atoms with Crippen LogP contribution in [0.2, 0.25) is 0 Å². The van der Waals surface area contributed by atoms with Crippen LogP contribution in [0.3, 0.4) is 0 Å². The van der Waals surface area contributed by atoms with E-state index in [4.69, 9.17) is 9.47 Å². The summed E-state index contributed by atoms with van der Waals surface area (Å²) in [6.07, 6.45) is 15.2. The summed E-state index contributed by atoms with van der Waals surface area (Å²) in [6.45, 7) is 14.4. The van der Waals surface area contributed by atoms with E-state index in [-0.39, 0.29) is 30.5 Å². The zero-order valence-electron chi connectivity index (χ0n) is 17.3. The van der Waals surface area contributed by atoms with Gasteiger partial charge < -0.3 is 14.6 Å². The third-order valence-corrected chi connectivity index (χ3v) is 3.72. The normalized spacial score (nSPS) is 16.9. The maximum Gasteiger partial charge on any atom is 0.0637 e. The highest BCUT2D eigenvalue weighted by Gasteiger charge is 2.15. The molecular weight excluding hydrogens is 312 g/mol. The fourth-order valence-electron chi connectivity index (χ4n) is 2.49. The summed E-state index contributed by atoms with van der Waals surface area (Å²) in [5.74, 6) is 0.300. The molecule has 0 fully saturated rings. The maximum atomic E-state index is 9.71. The number of hydrogen-bond acceptors (Lipinski definition) is 3. The molecule has 0 heterocycles. The molecule has 3 atom stereocenters. The molecule has 0 bridgehead atoms. The molecule has 0 aromatic carbocycles. The number of allylic oxidation sites excluding steroid dienone is 4. The summed E-state index contributed by atoms with van der Waals surface area (Å²) in [4.78, 5) is 0. The Balaban J connectivity index is 4.27. The summed E-state index contributed by atoms with van der Waals surface area (Å²) in [7, 11) is 0. The number of rotatable bonds is 13. The van der Waals surface area contributed by atoms with Crippen LogP contribution in [0.5, 0.6) is 0 Å². The van der Waals surface area contributed by atoms with Crippen LogP contribution in [0.25, 0.3) is 0 Å². The third-order valence-electron chi connectivity index (χ3n) is 3.72. The zero-order valence-corrected chi connectivity index (χ0v) is 17.3. The number of aliphatic hydroxyl groups excluding tert-OH is 1. The minimum atomic E-state index is -0.260. The van der Waals surface area contributed by atoms with E-state index in [1.165, 1.54) is 0 Å². The first-order valence-corrected chi connectivity index (χ1v) is 9.69. The SMILES string of the molecule is CC(C)OC(C)CC(C/C=C/C=C/C=C/CC(O)C(C)C)OC(C)C. The Morgan fingerprint density at radius 3 is 1.72 bits per heavy atom. The van der Waals surface area contributed by atoms with Gasteiger partial charge in [-0.1, -0.05) is 50.3 Å². The van der Waals surface area contributed by atoms with Gasteiger partial charge in [0.2, 0.25) is 0 Å². The van der Waals surface area contributed by atoms with Crippen molar-refractivity contribution in [1.29, 1.82) is 0 Å². The molecule has 25 heavy (non-hydrogen) atoms. The largest absolute Gasteiger partial charge is 0.393 e. The Hall–Kier alpha value is -0.900. The Kier molecular flexibility index (Phi) is 13.8. The first-order chi connectivity index (χ1) is 11.7. The lowest BCUT2D eigenvalue weighted by Crippen LogP contribution is -2.25. The van der Waals surface area contributed by atoms with Crippen molar-refractivity contribution in [2.24, 2.45) is 5.92 Å². The van der Waals surface area contributed by atoms with Crippen molar-refractivity contribution in [1.82, 2.24) is 0 Å². The summed E-state index contributed by atoms with van der Waals surface area (Å²) in [5, 5.41) is 9.71. The van der Waals surface area contributed by atoms with E-state index in [0.29, 0.717) is 12.3 Å². The number of hydrogen-bond donors (Lipinski definition) is 1. The van der Waals surface area contributed by atoms with E-state index < -0.39 is 0 Å². The molecule has 3 nitrogen and oxygen atoms in total. The van der Waals surface area contributed by atoms with Gasteiger partial charge in [-0.05, 0) is 59.8 Å². The first kappa shape index (κ1) is 24.1. The standard InChI is InChI=1S/C22H40O3/c1-17(2)22(23)15-13-11-9-8-10-12-14-21(25-19(5)6)16-20(7)24-18(3)4/h8-13,17-23H,14-16H2,1-7H3/b9-8+,12-10+,13-11+.